The van der Waals surface area contributed by atoms with Gasteiger partial charge in [0.05, 0.1) is 12.0 Å². The minimum atomic E-state index is -3.50. The molecule has 2 aliphatic rings. The van der Waals surface area contributed by atoms with E-state index in [4.69, 9.17) is 4.74 Å². The van der Waals surface area contributed by atoms with Crippen molar-refractivity contribution in [3.05, 3.63) is 29.8 Å². The number of piperidine rings is 1. The standard InChI is InChI=1S/C19H29N3O4S/c1-19(2)12-16(15-9-5-6-10-17(15)26-19)20-18(23)14-8-7-11-22(13-14)27(24,25)21(3)4/h5-6,9-10,14,16H,7-8,11-13H2,1-4H3,(H,20,23)/t14-,16+/m1/s1. The van der Waals surface area contributed by atoms with E-state index in [0.29, 0.717) is 25.8 Å². The van der Waals surface area contributed by atoms with E-state index in [2.05, 4.69) is 5.32 Å². The lowest BCUT2D eigenvalue weighted by atomic mass is 9.89. The Balaban J connectivity index is 1.74. The second-order valence-electron chi connectivity index (χ2n) is 8.15. The van der Waals surface area contributed by atoms with Crippen molar-refractivity contribution in [1.82, 2.24) is 13.9 Å². The molecular weight excluding hydrogens is 366 g/mol. The van der Waals surface area contributed by atoms with Gasteiger partial charge < -0.3 is 10.1 Å². The number of nitrogens with one attached hydrogen (secondary N) is 1. The molecule has 27 heavy (non-hydrogen) atoms. The molecule has 2 aliphatic heterocycles. The van der Waals surface area contributed by atoms with Gasteiger partial charge in [-0.1, -0.05) is 18.2 Å². The van der Waals surface area contributed by atoms with E-state index in [0.717, 1.165) is 11.3 Å². The lowest BCUT2D eigenvalue weighted by Crippen LogP contribution is -2.50. The van der Waals surface area contributed by atoms with E-state index in [-0.39, 0.29) is 30.0 Å². The summed E-state index contributed by atoms with van der Waals surface area (Å²) in [5, 5.41) is 3.15. The Labute approximate surface area is 161 Å². The number of benzene rings is 1. The van der Waals surface area contributed by atoms with Crippen LogP contribution < -0.4 is 10.1 Å². The average Bonchev–Trinajstić information content (AvgIpc) is 2.60. The van der Waals surface area contributed by atoms with Crippen LogP contribution in [0.3, 0.4) is 0 Å². The molecule has 3 rings (SSSR count). The Kier molecular flexibility index (Phi) is 5.52. The summed E-state index contributed by atoms with van der Waals surface area (Å²) in [6, 6.07) is 7.61. The molecule has 8 heteroatoms. The van der Waals surface area contributed by atoms with Crippen LogP contribution in [0.5, 0.6) is 5.75 Å². The Hall–Kier alpha value is -1.64. The molecule has 7 nitrogen and oxygen atoms in total. The molecule has 0 saturated carbocycles. The van der Waals surface area contributed by atoms with Gasteiger partial charge in [0.2, 0.25) is 5.91 Å². The van der Waals surface area contributed by atoms with Crippen molar-refractivity contribution in [2.45, 2.75) is 44.8 Å². The van der Waals surface area contributed by atoms with Crippen LogP contribution in [0, 0.1) is 5.92 Å². The van der Waals surface area contributed by atoms with Crippen LogP contribution in [0.2, 0.25) is 0 Å². The number of carbonyl (C=O) groups is 1. The largest absolute Gasteiger partial charge is 0.487 e. The summed E-state index contributed by atoms with van der Waals surface area (Å²) in [4.78, 5) is 12.9. The zero-order valence-corrected chi connectivity index (χ0v) is 17.3. The van der Waals surface area contributed by atoms with Crippen LogP contribution in [0.25, 0.3) is 0 Å². The summed E-state index contributed by atoms with van der Waals surface area (Å²) in [5.74, 6) is 0.359. The highest BCUT2D eigenvalue weighted by Gasteiger charge is 2.37. The molecule has 0 unspecified atom stereocenters. The summed E-state index contributed by atoms with van der Waals surface area (Å²) in [7, 11) is -0.472. The summed E-state index contributed by atoms with van der Waals surface area (Å²) in [6.45, 7) is 4.69. The maximum atomic E-state index is 12.9. The van der Waals surface area contributed by atoms with Crippen molar-refractivity contribution in [3.63, 3.8) is 0 Å². The smallest absolute Gasteiger partial charge is 0.281 e. The Morgan fingerprint density at radius 2 is 2.00 bits per heavy atom. The molecule has 0 radical (unpaired) electrons. The molecule has 0 aromatic heterocycles. The van der Waals surface area contributed by atoms with Crippen LogP contribution in [0.4, 0.5) is 0 Å². The topological polar surface area (TPSA) is 79.0 Å². The number of fused-ring (bicyclic) bond motifs is 1. The van der Waals surface area contributed by atoms with Gasteiger partial charge in [0, 0.05) is 39.2 Å². The fraction of sp³-hybridized carbons (Fsp3) is 0.632. The third-order valence-corrected chi connectivity index (χ3v) is 7.14. The van der Waals surface area contributed by atoms with Gasteiger partial charge in [-0.2, -0.15) is 17.0 Å². The minimum Gasteiger partial charge on any atom is -0.487 e. The molecular formula is C19H29N3O4S. The fourth-order valence-electron chi connectivity index (χ4n) is 3.82. The van der Waals surface area contributed by atoms with E-state index in [9.17, 15) is 13.2 Å². The molecule has 1 saturated heterocycles. The highest BCUT2D eigenvalue weighted by molar-refractivity contribution is 7.86. The number of nitrogens with zero attached hydrogens (tertiary/aromatic N) is 2. The number of carbonyl (C=O) groups excluding carboxylic acids is 1. The van der Waals surface area contributed by atoms with Crippen LogP contribution in [-0.4, -0.2) is 55.7 Å². The molecule has 1 aromatic rings. The Morgan fingerprint density at radius 1 is 1.30 bits per heavy atom. The van der Waals surface area contributed by atoms with E-state index in [1.54, 1.807) is 0 Å². The van der Waals surface area contributed by atoms with Crippen molar-refractivity contribution in [2.24, 2.45) is 5.92 Å². The molecule has 0 bridgehead atoms. The second kappa shape index (κ2) is 7.41. The SMILES string of the molecule is CN(C)S(=O)(=O)N1CCC[C@@H](C(=O)N[C@H]2CC(C)(C)Oc3ccccc32)C1. The Bertz CT molecular complexity index is 807. The van der Waals surface area contributed by atoms with Gasteiger partial charge in [0.25, 0.3) is 10.2 Å². The van der Waals surface area contributed by atoms with Crippen LogP contribution in [0.15, 0.2) is 24.3 Å². The number of amides is 1. The van der Waals surface area contributed by atoms with Gasteiger partial charge in [0.15, 0.2) is 0 Å². The van der Waals surface area contributed by atoms with Gasteiger partial charge in [-0.05, 0) is 32.8 Å². The molecule has 1 N–H and O–H groups in total. The first-order chi connectivity index (χ1) is 12.6. The third kappa shape index (κ3) is 4.28. The van der Waals surface area contributed by atoms with Gasteiger partial charge in [0.1, 0.15) is 11.4 Å². The maximum Gasteiger partial charge on any atom is 0.281 e. The van der Waals surface area contributed by atoms with E-state index >= 15 is 0 Å². The average molecular weight is 396 g/mol. The molecule has 150 valence electrons. The second-order valence-corrected chi connectivity index (χ2v) is 10.3. The van der Waals surface area contributed by atoms with Gasteiger partial charge in [-0.3, -0.25) is 4.79 Å². The van der Waals surface area contributed by atoms with Crippen LogP contribution in [-0.2, 0) is 15.0 Å². The van der Waals surface area contributed by atoms with Gasteiger partial charge >= 0.3 is 0 Å². The summed E-state index contributed by atoms with van der Waals surface area (Å²) in [6.07, 6.45) is 2.04. The number of para-hydroxylation sites is 1. The van der Waals surface area contributed by atoms with Crippen LogP contribution >= 0.6 is 0 Å². The van der Waals surface area contributed by atoms with Crippen molar-refractivity contribution in [2.75, 3.05) is 27.2 Å². The molecule has 1 fully saturated rings. The number of hydrogen-bond donors (Lipinski definition) is 1. The number of hydrogen-bond acceptors (Lipinski definition) is 4. The predicted octanol–water partition coefficient (Wildman–Crippen LogP) is 1.92. The van der Waals surface area contributed by atoms with Crippen molar-refractivity contribution < 1.29 is 17.9 Å². The normalized spacial score (nSPS) is 25.5. The van der Waals surface area contributed by atoms with E-state index in [1.165, 1.54) is 22.7 Å². The van der Waals surface area contributed by atoms with Gasteiger partial charge in [-0.25, -0.2) is 0 Å². The number of ether oxygens (including phenoxy) is 1. The van der Waals surface area contributed by atoms with E-state index in [1.807, 2.05) is 38.1 Å². The first-order valence-corrected chi connectivity index (χ1v) is 10.8. The maximum absolute atomic E-state index is 12.9. The van der Waals surface area contributed by atoms with Crippen molar-refractivity contribution in [1.29, 1.82) is 0 Å². The quantitative estimate of drug-likeness (QED) is 0.845. The highest BCUT2D eigenvalue weighted by Crippen LogP contribution is 2.39. The molecule has 0 spiro atoms. The highest BCUT2D eigenvalue weighted by atomic mass is 32.2. The zero-order valence-electron chi connectivity index (χ0n) is 16.4. The van der Waals surface area contributed by atoms with Crippen molar-refractivity contribution in [3.8, 4) is 5.75 Å². The number of rotatable bonds is 4. The first kappa shape index (κ1) is 20.1. The summed E-state index contributed by atoms with van der Waals surface area (Å²) < 4.78 is 33.4. The third-order valence-electron chi connectivity index (χ3n) is 5.24. The molecule has 1 aromatic carbocycles. The van der Waals surface area contributed by atoms with Crippen molar-refractivity contribution >= 4 is 16.1 Å². The lowest BCUT2D eigenvalue weighted by molar-refractivity contribution is -0.127. The predicted molar refractivity (Wildman–Crippen MR) is 104 cm³/mol. The molecule has 2 atom stereocenters. The van der Waals surface area contributed by atoms with Gasteiger partial charge in [-0.15, -0.1) is 0 Å². The summed E-state index contributed by atoms with van der Waals surface area (Å²) >= 11 is 0. The Morgan fingerprint density at radius 3 is 2.70 bits per heavy atom. The summed E-state index contributed by atoms with van der Waals surface area (Å²) in [5.41, 5.74) is 0.595. The fourth-order valence-corrected chi connectivity index (χ4v) is 5.01. The monoisotopic (exact) mass is 395 g/mol. The molecule has 2 heterocycles. The molecule has 1 amide bonds. The van der Waals surface area contributed by atoms with E-state index < -0.39 is 10.2 Å². The minimum absolute atomic E-state index is 0.0915. The zero-order chi connectivity index (χ0) is 19.8. The van der Waals surface area contributed by atoms with Crippen LogP contribution in [0.1, 0.15) is 44.7 Å². The lowest BCUT2D eigenvalue weighted by Gasteiger charge is -2.39. The molecule has 0 aliphatic carbocycles. The first-order valence-electron chi connectivity index (χ1n) is 9.36.